The molecule has 1 aromatic heterocycles. The summed E-state index contributed by atoms with van der Waals surface area (Å²) in [7, 11) is 0. The smallest absolute Gasteiger partial charge is 0.229 e. The number of fused-ring (bicyclic) bond motifs is 1. The number of benzene rings is 1. The first-order chi connectivity index (χ1) is 11.7. The Morgan fingerprint density at radius 2 is 2.12 bits per heavy atom. The minimum absolute atomic E-state index is 0.101. The van der Waals surface area contributed by atoms with E-state index in [1.54, 1.807) is 6.07 Å². The first-order valence-electron chi connectivity index (χ1n) is 8.31. The van der Waals surface area contributed by atoms with Gasteiger partial charge < -0.3 is 18.9 Å². The van der Waals surface area contributed by atoms with E-state index in [1.165, 1.54) is 6.07 Å². The van der Waals surface area contributed by atoms with E-state index in [1.807, 2.05) is 17.9 Å². The molecule has 0 spiro atoms. The van der Waals surface area contributed by atoms with E-state index in [4.69, 9.17) is 14.0 Å². The maximum absolute atomic E-state index is 14.0. The van der Waals surface area contributed by atoms with Crippen LogP contribution in [0.5, 0.6) is 5.75 Å². The van der Waals surface area contributed by atoms with E-state index < -0.39 is 0 Å². The maximum atomic E-state index is 14.0. The fourth-order valence-electron chi connectivity index (χ4n) is 3.27. The Kier molecular flexibility index (Phi) is 4.10. The first kappa shape index (κ1) is 15.4. The number of hydrogen-bond donors (Lipinski definition) is 0. The molecule has 24 heavy (non-hydrogen) atoms. The normalized spacial score (nSPS) is 21.4. The third-order valence-electron chi connectivity index (χ3n) is 4.47. The van der Waals surface area contributed by atoms with E-state index in [-0.39, 0.29) is 17.8 Å². The van der Waals surface area contributed by atoms with Crippen LogP contribution in [0.15, 0.2) is 22.7 Å². The predicted molar refractivity (Wildman–Crippen MR) is 84.6 cm³/mol. The van der Waals surface area contributed by atoms with E-state index >= 15 is 0 Å². The minimum atomic E-state index is -0.347. The molecule has 2 aliphatic heterocycles. The fourth-order valence-corrected chi connectivity index (χ4v) is 3.27. The highest BCUT2D eigenvalue weighted by Crippen LogP contribution is 2.36. The average Bonchev–Trinajstić information content (AvgIpc) is 3.05. The molecular formula is C17H20FN3O3. The second-order valence-electron chi connectivity index (χ2n) is 6.33. The molecule has 0 amide bonds. The molecular weight excluding hydrogens is 313 g/mol. The van der Waals surface area contributed by atoms with Crippen LogP contribution in [0.25, 0.3) is 0 Å². The molecule has 1 aromatic carbocycles. The van der Waals surface area contributed by atoms with E-state index in [2.05, 4.69) is 10.1 Å². The van der Waals surface area contributed by atoms with Crippen LogP contribution >= 0.6 is 0 Å². The Labute approximate surface area is 139 Å². The summed E-state index contributed by atoms with van der Waals surface area (Å²) in [5, 5.41) is 4.10. The summed E-state index contributed by atoms with van der Waals surface area (Å²) in [5.74, 6) is 1.51. The van der Waals surface area contributed by atoms with Crippen LogP contribution in [0.2, 0.25) is 0 Å². The maximum Gasteiger partial charge on any atom is 0.229 e. The third kappa shape index (κ3) is 2.96. The van der Waals surface area contributed by atoms with E-state index in [0.29, 0.717) is 30.6 Å². The molecule has 128 valence electrons. The molecule has 2 aromatic rings. The summed E-state index contributed by atoms with van der Waals surface area (Å²) in [6.07, 6.45) is 1.71. The summed E-state index contributed by atoms with van der Waals surface area (Å²) in [4.78, 5) is 6.57. The van der Waals surface area contributed by atoms with Gasteiger partial charge >= 0.3 is 0 Å². The van der Waals surface area contributed by atoms with E-state index in [9.17, 15) is 4.39 Å². The lowest BCUT2D eigenvalue weighted by molar-refractivity contribution is 0.0778. The van der Waals surface area contributed by atoms with Crippen molar-refractivity contribution >= 4 is 5.69 Å². The first-order valence-corrected chi connectivity index (χ1v) is 8.31. The highest BCUT2D eigenvalue weighted by Gasteiger charge is 2.28. The van der Waals surface area contributed by atoms with Crippen LogP contribution in [-0.4, -0.2) is 36.0 Å². The SMILES string of the molecule is CC1CN(Cc2noc(C3CCOCC3)n2)c2cccc(F)c2O1. The second kappa shape index (κ2) is 6.39. The van der Waals surface area contributed by atoms with Crippen molar-refractivity contribution < 1.29 is 18.4 Å². The van der Waals surface area contributed by atoms with Gasteiger partial charge in [0.25, 0.3) is 0 Å². The molecule has 7 heteroatoms. The zero-order valence-corrected chi connectivity index (χ0v) is 13.6. The van der Waals surface area contributed by atoms with Crippen molar-refractivity contribution in [2.75, 3.05) is 24.7 Å². The van der Waals surface area contributed by atoms with Crippen molar-refractivity contribution in [3.63, 3.8) is 0 Å². The molecule has 1 saturated heterocycles. The van der Waals surface area contributed by atoms with Crippen LogP contribution in [0.4, 0.5) is 10.1 Å². The summed E-state index contributed by atoms with van der Waals surface area (Å²) >= 11 is 0. The summed E-state index contributed by atoms with van der Waals surface area (Å²) in [5.41, 5.74) is 0.727. The molecule has 6 nitrogen and oxygen atoms in total. The van der Waals surface area contributed by atoms with Gasteiger partial charge in [0.15, 0.2) is 17.4 Å². The van der Waals surface area contributed by atoms with Crippen molar-refractivity contribution in [1.29, 1.82) is 0 Å². The van der Waals surface area contributed by atoms with Gasteiger partial charge in [-0.3, -0.25) is 0 Å². The Hall–Kier alpha value is -2.15. The summed E-state index contributed by atoms with van der Waals surface area (Å²) in [6.45, 7) is 4.51. The van der Waals surface area contributed by atoms with Gasteiger partial charge in [0.05, 0.1) is 18.8 Å². The molecule has 4 rings (SSSR count). The average molecular weight is 333 g/mol. The molecule has 0 bridgehead atoms. The van der Waals surface area contributed by atoms with Crippen LogP contribution in [0.3, 0.4) is 0 Å². The number of ether oxygens (including phenoxy) is 2. The van der Waals surface area contributed by atoms with Crippen molar-refractivity contribution in [2.24, 2.45) is 0 Å². The number of hydrogen-bond acceptors (Lipinski definition) is 6. The standard InChI is InChI=1S/C17H20FN3O3/c1-11-9-21(14-4-2-3-13(18)16(14)23-11)10-15-19-17(24-20-15)12-5-7-22-8-6-12/h2-4,11-12H,5-10H2,1H3. The molecule has 0 radical (unpaired) electrons. The van der Waals surface area contributed by atoms with Crippen molar-refractivity contribution in [3.05, 3.63) is 35.7 Å². The Morgan fingerprint density at radius 3 is 2.96 bits per heavy atom. The van der Waals surface area contributed by atoms with Crippen molar-refractivity contribution in [3.8, 4) is 5.75 Å². The minimum Gasteiger partial charge on any atom is -0.484 e. The van der Waals surface area contributed by atoms with Crippen LogP contribution in [0.1, 0.15) is 37.4 Å². The van der Waals surface area contributed by atoms with Crippen molar-refractivity contribution in [2.45, 2.75) is 38.3 Å². The van der Waals surface area contributed by atoms with Gasteiger partial charge in [-0.05, 0) is 31.9 Å². The number of para-hydroxylation sites is 1. The lowest BCUT2D eigenvalue weighted by Crippen LogP contribution is -2.38. The van der Waals surface area contributed by atoms with Gasteiger partial charge in [-0.2, -0.15) is 4.98 Å². The van der Waals surface area contributed by atoms with Gasteiger partial charge in [-0.15, -0.1) is 0 Å². The monoisotopic (exact) mass is 333 g/mol. The van der Waals surface area contributed by atoms with Crippen molar-refractivity contribution in [1.82, 2.24) is 10.1 Å². The van der Waals surface area contributed by atoms with E-state index in [0.717, 1.165) is 31.7 Å². The summed E-state index contributed by atoms with van der Waals surface area (Å²) < 4.78 is 30.4. The number of anilines is 1. The van der Waals surface area contributed by atoms with Gasteiger partial charge in [0.2, 0.25) is 5.89 Å². The lowest BCUT2D eigenvalue weighted by Gasteiger charge is -2.34. The second-order valence-corrected chi connectivity index (χ2v) is 6.33. The van der Waals surface area contributed by atoms with Crippen LogP contribution in [0, 0.1) is 5.82 Å². The molecule has 1 unspecified atom stereocenters. The quantitative estimate of drug-likeness (QED) is 0.861. The predicted octanol–water partition coefficient (Wildman–Crippen LogP) is 2.89. The largest absolute Gasteiger partial charge is 0.484 e. The van der Waals surface area contributed by atoms with Gasteiger partial charge in [-0.1, -0.05) is 11.2 Å². The molecule has 3 heterocycles. The lowest BCUT2D eigenvalue weighted by atomic mass is 10.0. The molecule has 0 aliphatic carbocycles. The van der Waals surface area contributed by atoms with Crippen LogP contribution < -0.4 is 9.64 Å². The number of halogens is 1. The highest BCUT2D eigenvalue weighted by molar-refractivity contribution is 5.60. The Balaban J connectivity index is 1.53. The molecule has 1 fully saturated rings. The zero-order chi connectivity index (χ0) is 16.5. The van der Waals surface area contributed by atoms with Gasteiger partial charge in [0, 0.05) is 19.1 Å². The number of aromatic nitrogens is 2. The molecule has 1 atom stereocenters. The number of rotatable bonds is 3. The number of nitrogens with zero attached hydrogens (tertiary/aromatic N) is 3. The van der Waals surface area contributed by atoms with Gasteiger partial charge in [-0.25, -0.2) is 4.39 Å². The third-order valence-corrected chi connectivity index (χ3v) is 4.47. The van der Waals surface area contributed by atoms with Crippen LogP contribution in [-0.2, 0) is 11.3 Å². The fraction of sp³-hybridized carbons (Fsp3) is 0.529. The summed E-state index contributed by atoms with van der Waals surface area (Å²) in [6, 6.07) is 4.95. The molecule has 0 saturated carbocycles. The Bertz CT molecular complexity index is 715. The van der Waals surface area contributed by atoms with Gasteiger partial charge in [0.1, 0.15) is 6.10 Å². The molecule has 0 N–H and O–H groups in total. The topological polar surface area (TPSA) is 60.6 Å². The zero-order valence-electron chi connectivity index (χ0n) is 13.6. The molecule has 2 aliphatic rings. The highest BCUT2D eigenvalue weighted by atomic mass is 19.1. The Morgan fingerprint density at radius 1 is 1.29 bits per heavy atom.